The number of ketones is 1. The molecule has 0 aromatic heterocycles. The summed E-state index contributed by atoms with van der Waals surface area (Å²) in [7, 11) is 0. The maximum Gasteiger partial charge on any atom is 0.345 e. The van der Waals surface area contributed by atoms with Gasteiger partial charge in [-0.05, 0) is 6.92 Å². The minimum absolute atomic E-state index is 0.0203. The van der Waals surface area contributed by atoms with Gasteiger partial charge in [-0.15, -0.1) is 0 Å². The van der Waals surface area contributed by atoms with Gasteiger partial charge in [-0.1, -0.05) is 0 Å². The van der Waals surface area contributed by atoms with E-state index >= 15 is 0 Å². The van der Waals surface area contributed by atoms with Crippen LogP contribution in [0.4, 0.5) is 8.78 Å². The Morgan fingerprint density at radius 3 is 2.38 bits per heavy atom. The first kappa shape index (κ1) is 11.5. The molecule has 0 aliphatic heterocycles. The summed E-state index contributed by atoms with van der Waals surface area (Å²) in [5.74, 6) is -3.00. The molecule has 0 fully saturated rings. The van der Waals surface area contributed by atoms with E-state index in [1.54, 1.807) is 0 Å². The number of alkyl halides is 2. The molecule has 0 saturated carbocycles. The normalized spacial score (nSPS) is 11.5. The van der Waals surface area contributed by atoms with Gasteiger partial charge < -0.3 is 9.84 Å². The Labute approximate surface area is 72.8 Å². The van der Waals surface area contributed by atoms with Gasteiger partial charge in [0.2, 0.25) is 5.78 Å². The summed E-state index contributed by atoms with van der Waals surface area (Å²) in [5, 5.41) is 8.33. The second-order valence-corrected chi connectivity index (χ2v) is 1.93. The van der Waals surface area contributed by atoms with Crippen molar-refractivity contribution < 1.29 is 28.2 Å². The van der Waals surface area contributed by atoms with Crippen molar-refractivity contribution in [3.05, 3.63) is 11.8 Å². The van der Waals surface area contributed by atoms with E-state index in [4.69, 9.17) is 5.11 Å². The largest absolute Gasteiger partial charge is 0.515 e. The Bertz CT molecular complexity index is 235. The summed E-state index contributed by atoms with van der Waals surface area (Å²) < 4.78 is 27.8. The zero-order valence-electron chi connectivity index (χ0n) is 6.79. The zero-order chi connectivity index (χ0) is 10.4. The number of carbonyl (C=O) groups excluding carboxylic acids is 2. The number of aliphatic hydroxyl groups is 1. The molecule has 6 heteroatoms. The lowest BCUT2D eigenvalue weighted by Crippen LogP contribution is -2.21. The first-order valence-electron chi connectivity index (χ1n) is 3.38. The zero-order valence-corrected chi connectivity index (χ0v) is 6.79. The lowest BCUT2D eigenvalue weighted by atomic mass is 10.2. The van der Waals surface area contributed by atoms with Crippen LogP contribution in [-0.2, 0) is 14.3 Å². The number of carbonyl (C=O) groups is 2. The molecular formula is C7H8F2O4. The van der Waals surface area contributed by atoms with E-state index in [1.165, 1.54) is 6.92 Å². The molecule has 4 nitrogen and oxygen atoms in total. The van der Waals surface area contributed by atoms with Crippen LogP contribution in [0.15, 0.2) is 11.8 Å². The van der Waals surface area contributed by atoms with Gasteiger partial charge in [0.25, 0.3) is 0 Å². The summed E-state index contributed by atoms with van der Waals surface area (Å²) in [5.41, 5.74) is -1.04. The number of esters is 1. The average Bonchev–Trinajstić information content (AvgIpc) is 2.05. The quantitative estimate of drug-likeness (QED) is 0.236. The van der Waals surface area contributed by atoms with Crippen molar-refractivity contribution in [2.24, 2.45) is 0 Å². The van der Waals surface area contributed by atoms with E-state index in [-0.39, 0.29) is 12.9 Å². The van der Waals surface area contributed by atoms with Gasteiger partial charge in [0, 0.05) is 0 Å². The van der Waals surface area contributed by atoms with Crippen LogP contribution in [0.2, 0.25) is 0 Å². The van der Waals surface area contributed by atoms with Gasteiger partial charge >= 0.3 is 12.4 Å². The van der Waals surface area contributed by atoms with Crippen LogP contribution >= 0.6 is 0 Å². The third-order valence-electron chi connectivity index (χ3n) is 1.09. The maximum atomic E-state index is 11.8. The molecule has 0 aromatic carbocycles. The van der Waals surface area contributed by atoms with Crippen molar-refractivity contribution in [3.8, 4) is 0 Å². The molecule has 0 unspecified atom stereocenters. The van der Waals surface area contributed by atoms with Crippen LogP contribution in [0.1, 0.15) is 6.92 Å². The number of rotatable bonds is 4. The van der Waals surface area contributed by atoms with Crippen molar-refractivity contribution in [2.45, 2.75) is 13.3 Å². The van der Waals surface area contributed by atoms with E-state index in [0.29, 0.717) is 0 Å². The highest BCUT2D eigenvalue weighted by molar-refractivity contribution is 6.18. The van der Waals surface area contributed by atoms with Gasteiger partial charge in [0.15, 0.2) is 0 Å². The number of Topliss-reactive ketones (excluding diaryl/α,β-unsaturated/α-hetero) is 1. The maximum absolute atomic E-state index is 11.8. The van der Waals surface area contributed by atoms with E-state index in [0.717, 1.165) is 0 Å². The van der Waals surface area contributed by atoms with Gasteiger partial charge in [0.05, 0.1) is 12.9 Å². The molecule has 0 aliphatic carbocycles. The summed E-state index contributed by atoms with van der Waals surface area (Å²) in [6, 6.07) is 0. The van der Waals surface area contributed by atoms with Crippen molar-refractivity contribution >= 4 is 11.8 Å². The molecule has 0 spiro atoms. The molecule has 0 rings (SSSR count). The molecule has 1 N–H and O–H groups in total. The molecule has 0 atom stereocenters. The van der Waals surface area contributed by atoms with Crippen LogP contribution in [0.25, 0.3) is 0 Å². The third-order valence-corrected chi connectivity index (χ3v) is 1.09. The highest BCUT2D eigenvalue weighted by atomic mass is 19.3. The first-order valence-corrected chi connectivity index (χ1v) is 3.38. The van der Waals surface area contributed by atoms with E-state index < -0.39 is 23.8 Å². The fraction of sp³-hybridized carbons (Fsp3) is 0.429. The predicted molar refractivity (Wildman–Crippen MR) is 38.4 cm³/mol. The average molecular weight is 194 g/mol. The standard InChI is InChI=1S/C7H8F2O4/c1-2-13-7(12)4(3-10)5(11)6(8)9/h3,6,10H,2H2,1H3. The number of hydrogen-bond acceptors (Lipinski definition) is 4. The highest BCUT2D eigenvalue weighted by Gasteiger charge is 2.27. The van der Waals surface area contributed by atoms with Gasteiger partial charge in [-0.2, -0.15) is 0 Å². The second kappa shape index (κ2) is 5.23. The third kappa shape index (κ3) is 3.18. The van der Waals surface area contributed by atoms with Crippen molar-refractivity contribution in [1.29, 1.82) is 0 Å². The minimum Gasteiger partial charge on any atom is -0.515 e. The monoisotopic (exact) mass is 194 g/mol. The highest BCUT2D eigenvalue weighted by Crippen LogP contribution is 2.06. The van der Waals surface area contributed by atoms with Crippen LogP contribution in [0, 0.1) is 0 Å². The number of ether oxygens (including phenoxy) is 1. The summed E-state index contributed by atoms with van der Waals surface area (Å²) in [6.07, 6.45) is -3.31. The Kier molecular flexibility index (Phi) is 4.64. The summed E-state index contributed by atoms with van der Waals surface area (Å²) >= 11 is 0. The fourth-order valence-corrected chi connectivity index (χ4v) is 0.543. The van der Waals surface area contributed by atoms with Crippen LogP contribution in [0.3, 0.4) is 0 Å². The van der Waals surface area contributed by atoms with Gasteiger partial charge in [0.1, 0.15) is 5.57 Å². The lowest BCUT2D eigenvalue weighted by Gasteiger charge is -2.03. The molecule has 0 heterocycles. The molecule has 13 heavy (non-hydrogen) atoms. The Morgan fingerprint density at radius 1 is 1.54 bits per heavy atom. The van der Waals surface area contributed by atoms with E-state index in [9.17, 15) is 18.4 Å². The van der Waals surface area contributed by atoms with Gasteiger partial charge in [-0.3, -0.25) is 4.79 Å². The molecule has 0 saturated heterocycles. The van der Waals surface area contributed by atoms with E-state index in [2.05, 4.69) is 4.74 Å². The van der Waals surface area contributed by atoms with Crippen molar-refractivity contribution in [3.63, 3.8) is 0 Å². The molecule has 74 valence electrons. The number of aliphatic hydroxyl groups excluding tert-OH is 1. The topological polar surface area (TPSA) is 63.6 Å². The SMILES string of the molecule is CCOC(=O)C(=CO)C(=O)C(F)F. The van der Waals surface area contributed by atoms with Crippen LogP contribution in [0.5, 0.6) is 0 Å². The Hall–Kier alpha value is -1.46. The fourth-order valence-electron chi connectivity index (χ4n) is 0.543. The smallest absolute Gasteiger partial charge is 0.345 e. The molecule has 0 aliphatic rings. The van der Waals surface area contributed by atoms with E-state index in [1.807, 2.05) is 0 Å². The number of halogens is 2. The molecule has 0 amide bonds. The number of hydrogen-bond donors (Lipinski definition) is 1. The summed E-state index contributed by atoms with van der Waals surface area (Å²) in [6.45, 7) is 1.38. The minimum atomic E-state index is -3.33. The van der Waals surface area contributed by atoms with Crippen LogP contribution in [-0.4, -0.2) is 29.9 Å². The molecule has 0 aromatic rings. The molecular weight excluding hydrogens is 186 g/mol. The van der Waals surface area contributed by atoms with Crippen molar-refractivity contribution in [1.82, 2.24) is 0 Å². The van der Waals surface area contributed by atoms with Gasteiger partial charge in [-0.25, -0.2) is 13.6 Å². The summed E-state index contributed by atoms with van der Waals surface area (Å²) in [4.78, 5) is 21.2. The second-order valence-electron chi connectivity index (χ2n) is 1.93. The molecule has 0 bridgehead atoms. The Morgan fingerprint density at radius 2 is 2.08 bits per heavy atom. The lowest BCUT2D eigenvalue weighted by molar-refractivity contribution is -0.141. The van der Waals surface area contributed by atoms with Crippen molar-refractivity contribution in [2.75, 3.05) is 6.61 Å². The first-order chi connectivity index (χ1) is 6.04. The van der Waals surface area contributed by atoms with Crippen LogP contribution < -0.4 is 0 Å². The predicted octanol–water partition coefficient (Wildman–Crippen LogP) is 0.826. The molecule has 0 radical (unpaired) electrons. The Balaban J connectivity index is 4.54.